The molecule has 2 N–H and O–H groups in total. The minimum Gasteiger partial charge on any atom is -0.382 e. The number of hydrogen-bond donors (Lipinski definition) is 2. The lowest BCUT2D eigenvalue weighted by Gasteiger charge is -2.16. The van der Waals surface area contributed by atoms with Crippen LogP contribution in [0.15, 0.2) is 24.3 Å². The quantitative estimate of drug-likeness (QED) is 0.793. The second-order valence-corrected chi connectivity index (χ2v) is 4.05. The summed E-state index contributed by atoms with van der Waals surface area (Å²) in [6, 6.07) is 5.07. The fourth-order valence-corrected chi connectivity index (χ4v) is 1.51. The van der Waals surface area contributed by atoms with Gasteiger partial charge in [0, 0.05) is 20.6 Å². The zero-order valence-corrected chi connectivity index (χ0v) is 10.9. The molecule has 0 saturated carbocycles. The Balaban J connectivity index is 2.51. The topological polar surface area (TPSA) is 67.4 Å². The predicted octanol–water partition coefficient (Wildman–Crippen LogP) is 0.593. The number of methoxy groups -OCH3 is 1. The van der Waals surface area contributed by atoms with Gasteiger partial charge in [-0.1, -0.05) is 12.1 Å². The molecule has 0 aliphatic carbocycles. The van der Waals surface area contributed by atoms with Crippen molar-refractivity contribution in [1.29, 1.82) is 0 Å². The van der Waals surface area contributed by atoms with E-state index >= 15 is 0 Å². The van der Waals surface area contributed by atoms with Gasteiger partial charge in [-0.15, -0.1) is 0 Å². The van der Waals surface area contributed by atoms with Crippen LogP contribution in [0.3, 0.4) is 0 Å². The molecule has 1 rings (SSSR count). The van der Waals surface area contributed by atoms with E-state index in [0.29, 0.717) is 0 Å². The molecule has 0 aliphatic rings. The Hall–Kier alpha value is -1.95. The first-order valence-electron chi connectivity index (χ1n) is 5.81. The molecule has 19 heavy (non-hydrogen) atoms. The van der Waals surface area contributed by atoms with E-state index in [4.69, 9.17) is 4.74 Å². The van der Waals surface area contributed by atoms with Crippen molar-refractivity contribution in [2.24, 2.45) is 0 Å². The van der Waals surface area contributed by atoms with Crippen LogP contribution in [0.5, 0.6) is 0 Å². The number of carbonyl (C=O) groups is 2. The summed E-state index contributed by atoms with van der Waals surface area (Å²) in [5.41, 5.74) is 0.772. The molecule has 104 valence electrons. The molecule has 0 spiro atoms. The number of nitrogens with one attached hydrogen (secondary N) is 2. The lowest BCUT2D eigenvalue weighted by molar-refractivity contribution is -0.129. The normalized spacial score (nSPS) is 11.7. The second kappa shape index (κ2) is 7.48. The summed E-state index contributed by atoms with van der Waals surface area (Å²) in [5.74, 6) is -0.981. The Morgan fingerprint density at radius 1 is 1.32 bits per heavy atom. The lowest BCUT2D eigenvalue weighted by atomic mass is 10.2. The van der Waals surface area contributed by atoms with E-state index in [1.165, 1.54) is 26.2 Å². The number of rotatable bonds is 6. The fraction of sp³-hybridized carbons (Fsp3) is 0.385. The smallest absolute Gasteiger partial charge is 0.245 e. The van der Waals surface area contributed by atoms with E-state index in [1.807, 2.05) is 0 Å². The van der Waals surface area contributed by atoms with Gasteiger partial charge >= 0.3 is 0 Å². The third kappa shape index (κ3) is 5.48. The van der Waals surface area contributed by atoms with Crippen molar-refractivity contribution >= 4 is 11.8 Å². The van der Waals surface area contributed by atoms with E-state index < -0.39 is 6.04 Å². The first kappa shape index (κ1) is 15.1. The Morgan fingerprint density at radius 2 is 1.95 bits per heavy atom. The van der Waals surface area contributed by atoms with Gasteiger partial charge in [0.15, 0.2) is 0 Å². The molecular weight excluding hydrogens is 251 g/mol. The highest BCUT2D eigenvalue weighted by Gasteiger charge is 2.18. The molecule has 0 aliphatic heterocycles. The summed E-state index contributed by atoms with van der Waals surface area (Å²) in [6.07, 6.45) is 0. The van der Waals surface area contributed by atoms with Crippen molar-refractivity contribution < 1.29 is 18.7 Å². The van der Waals surface area contributed by atoms with Gasteiger partial charge in [0.25, 0.3) is 0 Å². The van der Waals surface area contributed by atoms with Crippen LogP contribution >= 0.6 is 0 Å². The number of ether oxygens (including phenoxy) is 1. The first-order chi connectivity index (χ1) is 9.02. The third-order valence-electron chi connectivity index (χ3n) is 2.41. The molecule has 0 fully saturated rings. The minimum atomic E-state index is -0.733. The maximum Gasteiger partial charge on any atom is 0.245 e. The summed E-state index contributed by atoms with van der Waals surface area (Å²) < 4.78 is 17.6. The number of halogens is 1. The van der Waals surface area contributed by atoms with Crippen molar-refractivity contribution in [3.05, 3.63) is 35.6 Å². The van der Waals surface area contributed by atoms with Crippen LogP contribution in [0, 0.1) is 5.82 Å². The van der Waals surface area contributed by atoms with Crippen molar-refractivity contribution in [2.75, 3.05) is 13.7 Å². The van der Waals surface area contributed by atoms with Gasteiger partial charge in [-0.2, -0.15) is 0 Å². The van der Waals surface area contributed by atoms with Gasteiger partial charge in [-0.25, -0.2) is 4.39 Å². The fourth-order valence-electron chi connectivity index (χ4n) is 1.51. The Bertz CT molecular complexity index is 434. The van der Waals surface area contributed by atoms with Gasteiger partial charge in [-0.3, -0.25) is 9.59 Å². The highest BCUT2D eigenvalue weighted by Crippen LogP contribution is 2.02. The van der Waals surface area contributed by atoms with E-state index in [0.717, 1.165) is 5.56 Å². The number of hydrogen-bond acceptors (Lipinski definition) is 3. The van der Waals surface area contributed by atoms with Crippen molar-refractivity contribution in [2.45, 2.75) is 19.5 Å². The summed E-state index contributed by atoms with van der Waals surface area (Å²) in [6.45, 7) is 1.68. The molecule has 0 unspecified atom stereocenters. The van der Waals surface area contributed by atoms with E-state index in [-0.39, 0.29) is 30.8 Å². The number of benzene rings is 1. The molecule has 5 nitrogen and oxygen atoms in total. The average Bonchev–Trinajstić information content (AvgIpc) is 2.37. The monoisotopic (exact) mass is 268 g/mol. The molecule has 6 heteroatoms. The highest BCUT2D eigenvalue weighted by molar-refractivity contribution is 5.86. The lowest BCUT2D eigenvalue weighted by Crippen LogP contribution is -2.48. The molecule has 2 amide bonds. The molecular formula is C13H17FN2O3. The zero-order valence-electron chi connectivity index (χ0n) is 10.9. The van der Waals surface area contributed by atoms with E-state index in [9.17, 15) is 14.0 Å². The summed E-state index contributed by atoms with van der Waals surface area (Å²) in [7, 11) is 1.45. The largest absolute Gasteiger partial charge is 0.382 e. The molecule has 0 heterocycles. The van der Waals surface area contributed by atoms with Crippen LogP contribution in [0.1, 0.15) is 12.5 Å². The van der Waals surface area contributed by atoms with Gasteiger partial charge in [0.2, 0.25) is 11.8 Å². The molecule has 1 aromatic carbocycles. The summed E-state index contributed by atoms with van der Waals surface area (Å²) >= 11 is 0. The molecule has 0 radical (unpaired) electrons. The molecule has 1 atom stereocenters. The van der Waals surface area contributed by atoms with Crippen molar-refractivity contribution in [3.8, 4) is 0 Å². The second-order valence-electron chi connectivity index (χ2n) is 4.05. The third-order valence-corrected chi connectivity index (χ3v) is 2.41. The van der Waals surface area contributed by atoms with Crippen LogP contribution in [0.25, 0.3) is 0 Å². The van der Waals surface area contributed by atoms with Crippen LogP contribution in [-0.2, 0) is 20.9 Å². The van der Waals surface area contributed by atoms with Gasteiger partial charge in [0.1, 0.15) is 11.9 Å². The Morgan fingerprint density at radius 3 is 2.47 bits per heavy atom. The van der Waals surface area contributed by atoms with E-state index in [2.05, 4.69) is 10.6 Å². The SMILES string of the molecule is COC[C@@H](NC(C)=O)C(=O)NCc1ccc(F)cc1. The van der Waals surface area contributed by atoms with Crippen LogP contribution in [0.4, 0.5) is 4.39 Å². The van der Waals surface area contributed by atoms with Crippen LogP contribution < -0.4 is 10.6 Å². The Kier molecular flexibility index (Phi) is 5.95. The standard InChI is InChI=1S/C13H17FN2O3/c1-9(17)16-12(8-19-2)13(18)15-7-10-3-5-11(14)6-4-10/h3-6,12H,7-8H2,1-2H3,(H,15,18)(H,16,17)/t12-/m1/s1. The Labute approximate surface area is 111 Å². The molecule has 0 bridgehead atoms. The van der Waals surface area contributed by atoms with Gasteiger partial charge < -0.3 is 15.4 Å². The zero-order chi connectivity index (χ0) is 14.3. The van der Waals surface area contributed by atoms with E-state index in [1.54, 1.807) is 12.1 Å². The van der Waals surface area contributed by atoms with Crippen molar-refractivity contribution in [3.63, 3.8) is 0 Å². The average molecular weight is 268 g/mol. The van der Waals surface area contributed by atoms with Crippen molar-refractivity contribution in [1.82, 2.24) is 10.6 Å². The predicted molar refractivity (Wildman–Crippen MR) is 67.7 cm³/mol. The van der Waals surface area contributed by atoms with Gasteiger partial charge in [-0.05, 0) is 17.7 Å². The number of carbonyl (C=O) groups excluding carboxylic acids is 2. The van der Waals surface area contributed by atoms with Crippen LogP contribution in [-0.4, -0.2) is 31.6 Å². The van der Waals surface area contributed by atoms with Gasteiger partial charge in [0.05, 0.1) is 6.61 Å². The molecule has 1 aromatic rings. The summed E-state index contributed by atoms with van der Waals surface area (Å²) in [5, 5.41) is 5.14. The maximum absolute atomic E-state index is 12.7. The number of amides is 2. The van der Waals surface area contributed by atoms with Crippen LogP contribution in [0.2, 0.25) is 0 Å². The highest BCUT2D eigenvalue weighted by atomic mass is 19.1. The first-order valence-corrected chi connectivity index (χ1v) is 5.81. The maximum atomic E-state index is 12.7. The molecule has 0 saturated heterocycles. The molecule has 0 aromatic heterocycles. The summed E-state index contributed by atoms with van der Waals surface area (Å²) in [4.78, 5) is 22.8. The minimum absolute atomic E-state index is 0.0921.